The molecule has 0 saturated heterocycles. The fourth-order valence-electron chi connectivity index (χ4n) is 3.45. The van der Waals surface area contributed by atoms with Crippen LogP contribution in [0.15, 0.2) is 59.2 Å². The molecule has 0 spiro atoms. The predicted molar refractivity (Wildman–Crippen MR) is 106 cm³/mol. The van der Waals surface area contributed by atoms with Gasteiger partial charge in [0.1, 0.15) is 11.2 Å². The van der Waals surface area contributed by atoms with Gasteiger partial charge < -0.3 is 4.90 Å². The van der Waals surface area contributed by atoms with Gasteiger partial charge in [-0.25, -0.2) is 9.78 Å². The normalized spacial score (nSPS) is 19.5. The fourth-order valence-corrected chi connectivity index (χ4v) is 4.33. The molecule has 0 fully saturated rings. The fraction of sp³-hybridized carbons (Fsp3) is 0.350. The number of nitrogens with zero attached hydrogens (tertiary/aromatic N) is 4. The molecule has 0 aromatic carbocycles. The van der Waals surface area contributed by atoms with Crippen molar-refractivity contribution < 1.29 is 13.2 Å². The number of hydrogen-bond donors (Lipinski definition) is 0. The third kappa shape index (κ3) is 4.50. The summed E-state index contributed by atoms with van der Waals surface area (Å²) in [6, 6.07) is 2.40. The molecule has 29 heavy (non-hydrogen) atoms. The molecule has 2 aromatic rings. The highest BCUT2D eigenvalue weighted by Gasteiger charge is 2.32. The number of aromatic nitrogens is 3. The van der Waals surface area contributed by atoms with Crippen LogP contribution in [0.25, 0.3) is 0 Å². The Bertz CT molecular complexity index is 1030. The Morgan fingerprint density at radius 1 is 1.24 bits per heavy atom. The molecule has 5 nitrogen and oxygen atoms in total. The van der Waals surface area contributed by atoms with E-state index >= 15 is 0 Å². The lowest BCUT2D eigenvalue weighted by Gasteiger charge is -2.29. The molecule has 152 valence electrons. The highest BCUT2D eigenvalue weighted by atomic mass is 32.1. The number of thiophene rings is 1. The van der Waals surface area contributed by atoms with Crippen molar-refractivity contribution in [2.75, 3.05) is 18.0 Å². The van der Waals surface area contributed by atoms with E-state index in [9.17, 15) is 18.0 Å². The van der Waals surface area contributed by atoms with Gasteiger partial charge in [-0.1, -0.05) is 36.0 Å². The topological polar surface area (TPSA) is 51.0 Å². The van der Waals surface area contributed by atoms with Crippen molar-refractivity contribution in [2.45, 2.75) is 25.6 Å². The second-order valence-corrected chi connectivity index (χ2v) is 8.13. The van der Waals surface area contributed by atoms with Crippen LogP contribution in [-0.2, 0) is 12.7 Å². The Morgan fingerprint density at radius 2 is 2.10 bits per heavy atom. The van der Waals surface area contributed by atoms with E-state index in [4.69, 9.17) is 0 Å². The van der Waals surface area contributed by atoms with Crippen LogP contribution in [0.4, 0.5) is 19.1 Å². The van der Waals surface area contributed by atoms with E-state index in [0.29, 0.717) is 34.6 Å². The number of rotatable bonds is 4. The predicted octanol–water partition coefficient (Wildman–Crippen LogP) is 4.04. The van der Waals surface area contributed by atoms with E-state index in [2.05, 4.69) is 40.3 Å². The summed E-state index contributed by atoms with van der Waals surface area (Å²) in [6.07, 6.45) is 9.50. The second kappa shape index (κ2) is 7.98. The first-order valence-electron chi connectivity index (χ1n) is 9.27. The standard InChI is InChI=1S/C20H19F3N4OS/c21-20(22,23)17-7-6-16(29-17)12-27-13-24-18(25-19(27)28)26-10-8-15(9-11-26)14-4-2-1-3-5-14/h1-4,6-8,13-14H,5,9-12H2. The molecule has 1 aliphatic heterocycles. The van der Waals surface area contributed by atoms with Crippen LogP contribution in [-0.4, -0.2) is 27.6 Å². The smallest absolute Gasteiger partial charge is 0.337 e. The number of alkyl halides is 3. The molecule has 0 amide bonds. The Labute approximate surface area is 169 Å². The summed E-state index contributed by atoms with van der Waals surface area (Å²) in [5.41, 5.74) is 0.862. The SMILES string of the molecule is O=c1nc(N2CC=C(C3C=CC=CC3)CC2)ncn1Cc1ccc(C(F)(F)F)s1. The van der Waals surface area contributed by atoms with Gasteiger partial charge in [0.15, 0.2) is 0 Å². The minimum Gasteiger partial charge on any atom is -0.337 e. The van der Waals surface area contributed by atoms with Gasteiger partial charge in [0, 0.05) is 23.9 Å². The van der Waals surface area contributed by atoms with E-state index in [0.717, 1.165) is 25.5 Å². The first-order valence-corrected chi connectivity index (χ1v) is 10.1. The number of anilines is 1. The van der Waals surface area contributed by atoms with Gasteiger partial charge in [-0.05, 0) is 25.0 Å². The van der Waals surface area contributed by atoms with Gasteiger partial charge in [-0.3, -0.25) is 4.57 Å². The lowest BCUT2D eigenvalue weighted by Crippen LogP contribution is -2.34. The van der Waals surface area contributed by atoms with Crippen LogP contribution < -0.4 is 10.6 Å². The van der Waals surface area contributed by atoms with Crippen LogP contribution >= 0.6 is 11.3 Å². The second-order valence-electron chi connectivity index (χ2n) is 6.96. The summed E-state index contributed by atoms with van der Waals surface area (Å²) in [7, 11) is 0. The molecule has 0 N–H and O–H groups in total. The summed E-state index contributed by atoms with van der Waals surface area (Å²) in [4.78, 5) is 22.3. The first-order chi connectivity index (χ1) is 13.9. The van der Waals surface area contributed by atoms with Crippen LogP contribution in [0.1, 0.15) is 22.6 Å². The van der Waals surface area contributed by atoms with Crippen LogP contribution in [0, 0.1) is 5.92 Å². The molecule has 2 aromatic heterocycles. The first kappa shape index (κ1) is 19.6. The molecule has 4 rings (SSSR count). The third-order valence-electron chi connectivity index (χ3n) is 5.01. The van der Waals surface area contributed by atoms with E-state index in [-0.39, 0.29) is 6.54 Å². The average molecular weight is 420 g/mol. The molecule has 1 aliphatic carbocycles. The van der Waals surface area contributed by atoms with Crippen molar-refractivity contribution in [1.82, 2.24) is 14.5 Å². The average Bonchev–Trinajstić information content (AvgIpc) is 3.20. The zero-order valence-corrected chi connectivity index (χ0v) is 16.3. The maximum Gasteiger partial charge on any atom is 0.425 e. The molecule has 9 heteroatoms. The van der Waals surface area contributed by atoms with Crippen molar-refractivity contribution in [2.24, 2.45) is 5.92 Å². The van der Waals surface area contributed by atoms with Crippen molar-refractivity contribution in [3.63, 3.8) is 0 Å². The third-order valence-corrected chi connectivity index (χ3v) is 6.12. The maximum absolute atomic E-state index is 12.7. The monoisotopic (exact) mass is 420 g/mol. The number of allylic oxidation sites excluding steroid dienone is 4. The van der Waals surface area contributed by atoms with Gasteiger partial charge in [0.2, 0.25) is 5.95 Å². The van der Waals surface area contributed by atoms with E-state index in [1.54, 1.807) is 0 Å². The Kier molecular flexibility index (Phi) is 5.40. The number of hydrogen-bond acceptors (Lipinski definition) is 5. The summed E-state index contributed by atoms with van der Waals surface area (Å²) in [5, 5.41) is 0. The minimum absolute atomic E-state index is 0.0193. The quantitative estimate of drug-likeness (QED) is 0.701. The maximum atomic E-state index is 12.7. The van der Waals surface area contributed by atoms with Gasteiger partial charge in [0.25, 0.3) is 0 Å². The van der Waals surface area contributed by atoms with Crippen molar-refractivity contribution in [3.8, 4) is 0 Å². The minimum atomic E-state index is -4.38. The molecule has 3 heterocycles. The lowest BCUT2D eigenvalue weighted by atomic mass is 9.88. The van der Waals surface area contributed by atoms with Crippen molar-refractivity contribution in [1.29, 1.82) is 0 Å². The lowest BCUT2D eigenvalue weighted by molar-refractivity contribution is -0.134. The van der Waals surface area contributed by atoms with Crippen molar-refractivity contribution in [3.05, 3.63) is 74.7 Å². The van der Waals surface area contributed by atoms with E-state index in [1.165, 1.54) is 22.5 Å². The molecule has 0 saturated carbocycles. The van der Waals surface area contributed by atoms with Crippen molar-refractivity contribution >= 4 is 17.3 Å². The molecular formula is C20H19F3N4OS. The van der Waals surface area contributed by atoms with E-state index in [1.807, 2.05) is 4.90 Å². The van der Waals surface area contributed by atoms with E-state index < -0.39 is 16.7 Å². The summed E-state index contributed by atoms with van der Waals surface area (Å²) in [5.74, 6) is 0.784. The van der Waals surface area contributed by atoms with Gasteiger partial charge >= 0.3 is 11.9 Å². The molecular weight excluding hydrogens is 401 g/mol. The number of halogens is 3. The Hall–Kier alpha value is -2.68. The van der Waals surface area contributed by atoms with Gasteiger partial charge in [0.05, 0.1) is 6.54 Å². The van der Waals surface area contributed by atoms with Crippen LogP contribution in [0.2, 0.25) is 0 Å². The Balaban J connectivity index is 1.43. The largest absolute Gasteiger partial charge is 0.425 e. The zero-order valence-electron chi connectivity index (χ0n) is 15.5. The molecule has 0 bridgehead atoms. The molecule has 1 atom stereocenters. The van der Waals surface area contributed by atoms with Gasteiger partial charge in [-0.2, -0.15) is 18.2 Å². The van der Waals surface area contributed by atoms with Crippen LogP contribution in [0.3, 0.4) is 0 Å². The Morgan fingerprint density at radius 3 is 2.72 bits per heavy atom. The summed E-state index contributed by atoms with van der Waals surface area (Å²) in [6.45, 7) is 1.38. The molecule has 0 radical (unpaired) electrons. The summed E-state index contributed by atoms with van der Waals surface area (Å²) < 4.78 is 39.4. The zero-order chi connectivity index (χ0) is 20.4. The van der Waals surface area contributed by atoms with Crippen LogP contribution in [0.5, 0.6) is 0 Å². The molecule has 2 aliphatic rings. The highest BCUT2D eigenvalue weighted by molar-refractivity contribution is 7.12. The molecule has 1 unspecified atom stereocenters. The highest BCUT2D eigenvalue weighted by Crippen LogP contribution is 2.34. The van der Waals surface area contributed by atoms with Gasteiger partial charge in [-0.15, -0.1) is 11.3 Å². The summed E-state index contributed by atoms with van der Waals surface area (Å²) >= 11 is 0.621.